The Morgan fingerprint density at radius 3 is 2.86 bits per heavy atom. The van der Waals surface area contributed by atoms with E-state index in [4.69, 9.17) is 0 Å². The Labute approximate surface area is 123 Å². The minimum atomic E-state index is -0.793. The van der Waals surface area contributed by atoms with Gasteiger partial charge in [0.15, 0.2) is 0 Å². The van der Waals surface area contributed by atoms with Crippen molar-refractivity contribution in [3.05, 3.63) is 36.0 Å². The molecule has 0 aliphatic carbocycles. The van der Waals surface area contributed by atoms with Crippen LogP contribution in [-0.4, -0.2) is 46.6 Å². The number of likely N-dealkylation sites (tertiary alicyclic amines) is 1. The smallest absolute Gasteiger partial charge is 0.272 e. The molecule has 21 heavy (non-hydrogen) atoms. The topological polar surface area (TPSA) is 65.5 Å². The molecule has 0 spiro atoms. The highest BCUT2D eigenvalue weighted by molar-refractivity contribution is 5.99. The molecule has 1 fully saturated rings. The molecule has 0 bridgehead atoms. The lowest BCUT2D eigenvalue weighted by molar-refractivity contribution is 0.0569. The van der Waals surface area contributed by atoms with Crippen LogP contribution in [-0.2, 0) is 0 Å². The first-order valence-corrected chi connectivity index (χ1v) is 7.09. The number of amides is 1. The van der Waals surface area contributed by atoms with Crippen molar-refractivity contribution in [3.8, 4) is 0 Å². The number of aromatic nitrogens is 1. The number of hydrogen-bond donors (Lipinski definition) is 2. The Kier molecular flexibility index (Phi) is 3.29. The third-order valence-electron chi connectivity index (χ3n) is 3.94. The van der Waals surface area contributed by atoms with Crippen LogP contribution in [0.15, 0.2) is 30.3 Å². The van der Waals surface area contributed by atoms with E-state index in [1.807, 2.05) is 31.3 Å². The molecule has 1 aliphatic rings. The summed E-state index contributed by atoms with van der Waals surface area (Å²) in [6.07, 6.45) is 0.602. The molecule has 3 rings (SSSR count). The van der Waals surface area contributed by atoms with Crippen LogP contribution in [0.1, 0.15) is 23.8 Å². The van der Waals surface area contributed by atoms with E-state index in [0.29, 0.717) is 25.2 Å². The Bertz CT molecular complexity index is 697. The fourth-order valence-corrected chi connectivity index (χ4v) is 2.77. The van der Waals surface area contributed by atoms with E-state index >= 15 is 0 Å². The second-order valence-corrected chi connectivity index (χ2v) is 5.80. The first-order valence-electron chi connectivity index (χ1n) is 7.09. The third-order valence-corrected chi connectivity index (χ3v) is 3.94. The summed E-state index contributed by atoms with van der Waals surface area (Å²) in [5.41, 5.74) is 1.29. The van der Waals surface area contributed by atoms with Crippen LogP contribution in [0.5, 0.6) is 0 Å². The number of benzene rings is 1. The number of rotatable bonds is 2. The van der Waals surface area contributed by atoms with E-state index < -0.39 is 5.60 Å². The number of pyridine rings is 1. The van der Waals surface area contributed by atoms with Crippen molar-refractivity contribution < 1.29 is 9.90 Å². The molecule has 0 radical (unpaired) electrons. The van der Waals surface area contributed by atoms with E-state index in [1.54, 1.807) is 17.9 Å². The summed E-state index contributed by atoms with van der Waals surface area (Å²) in [4.78, 5) is 18.7. The average Bonchev–Trinajstić information content (AvgIpc) is 2.85. The van der Waals surface area contributed by atoms with Gasteiger partial charge in [-0.15, -0.1) is 0 Å². The molecule has 1 amide bonds. The fourth-order valence-electron chi connectivity index (χ4n) is 2.77. The quantitative estimate of drug-likeness (QED) is 0.884. The van der Waals surface area contributed by atoms with E-state index in [1.165, 1.54) is 0 Å². The van der Waals surface area contributed by atoms with Gasteiger partial charge < -0.3 is 15.3 Å². The lowest BCUT2D eigenvalue weighted by atomic mass is 10.1. The van der Waals surface area contributed by atoms with Gasteiger partial charge in [-0.05, 0) is 25.5 Å². The van der Waals surface area contributed by atoms with Crippen LogP contribution in [0.2, 0.25) is 0 Å². The number of β-amino-alcohol motifs (C(OH)–C–C–N with tert-alkyl or cyclic N) is 1. The molecule has 5 heteroatoms. The lowest BCUT2D eigenvalue weighted by Gasteiger charge is -2.19. The second-order valence-electron chi connectivity index (χ2n) is 5.80. The predicted molar refractivity (Wildman–Crippen MR) is 82.4 cm³/mol. The maximum Gasteiger partial charge on any atom is 0.272 e. The predicted octanol–water partition coefficient (Wildman–Crippen LogP) is 1.87. The number of hydrogen-bond acceptors (Lipinski definition) is 4. The van der Waals surface area contributed by atoms with E-state index in [-0.39, 0.29) is 5.91 Å². The highest BCUT2D eigenvalue weighted by Gasteiger charge is 2.34. The lowest BCUT2D eigenvalue weighted by Crippen LogP contribution is -2.34. The Hall–Kier alpha value is -2.14. The summed E-state index contributed by atoms with van der Waals surface area (Å²) < 4.78 is 0. The Morgan fingerprint density at radius 1 is 1.43 bits per heavy atom. The van der Waals surface area contributed by atoms with Crippen molar-refractivity contribution in [3.63, 3.8) is 0 Å². The summed E-state index contributed by atoms with van der Waals surface area (Å²) in [5, 5.41) is 14.1. The first-order chi connectivity index (χ1) is 10.00. The van der Waals surface area contributed by atoms with Crippen molar-refractivity contribution in [2.24, 2.45) is 0 Å². The molecule has 2 heterocycles. The largest absolute Gasteiger partial charge is 0.388 e. The zero-order valence-electron chi connectivity index (χ0n) is 12.3. The Morgan fingerprint density at radius 2 is 2.19 bits per heavy atom. The number of nitrogens with one attached hydrogen (secondary N) is 1. The van der Waals surface area contributed by atoms with Gasteiger partial charge in [-0.3, -0.25) is 4.79 Å². The number of nitrogens with zero attached hydrogens (tertiary/aromatic N) is 2. The number of anilines is 1. The molecular weight excluding hydrogens is 266 g/mol. The number of carbonyl (C=O) groups excluding carboxylic acids is 1. The van der Waals surface area contributed by atoms with Gasteiger partial charge in [0, 0.05) is 31.2 Å². The van der Waals surface area contributed by atoms with Crippen LogP contribution >= 0.6 is 0 Å². The average molecular weight is 285 g/mol. The van der Waals surface area contributed by atoms with E-state index in [9.17, 15) is 9.90 Å². The maximum atomic E-state index is 12.6. The molecule has 1 aromatic carbocycles. The first kappa shape index (κ1) is 13.8. The van der Waals surface area contributed by atoms with Crippen molar-refractivity contribution >= 4 is 22.5 Å². The van der Waals surface area contributed by atoms with Crippen LogP contribution in [0.4, 0.5) is 5.69 Å². The van der Waals surface area contributed by atoms with E-state index in [2.05, 4.69) is 10.3 Å². The van der Waals surface area contributed by atoms with Gasteiger partial charge in [0.1, 0.15) is 5.69 Å². The van der Waals surface area contributed by atoms with Crippen LogP contribution in [0.3, 0.4) is 0 Å². The monoisotopic (exact) mass is 285 g/mol. The summed E-state index contributed by atoms with van der Waals surface area (Å²) in [6, 6.07) is 9.50. The normalized spacial score (nSPS) is 21.8. The molecule has 1 aromatic heterocycles. The van der Waals surface area contributed by atoms with Gasteiger partial charge in [-0.1, -0.05) is 18.2 Å². The van der Waals surface area contributed by atoms with Crippen LogP contribution < -0.4 is 5.32 Å². The molecule has 110 valence electrons. The molecular formula is C16H19N3O2. The third kappa shape index (κ3) is 2.56. The SMILES string of the molecule is CNc1cc(C(=O)N2CCC(C)(O)C2)nc2ccccc12. The van der Waals surface area contributed by atoms with Crippen molar-refractivity contribution in [1.29, 1.82) is 0 Å². The number of aliphatic hydroxyl groups is 1. The maximum absolute atomic E-state index is 12.6. The number of para-hydroxylation sites is 1. The summed E-state index contributed by atoms with van der Waals surface area (Å²) >= 11 is 0. The molecule has 1 atom stereocenters. The van der Waals surface area contributed by atoms with Gasteiger partial charge >= 0.3 is 0 Å². The minimum absolute atomic E-state index is 0.130. The van der Waals surface area contributed by atoms with Gasteiger partial charge in [0.25, 0.3) is 5.91 Å². The molecule has 5 nitrogen and oxygen atoms in total. The number of fused-ring (bicyclic) bond motifs is 1. The fraction of sp³-hybridized carbons (Fsp3) is 0.375. The van der Waals surface area contributed by atoms with E-state index in [0.717, 1.165) is 16.6 Å². The molecule has 2 N–H and O–H groups in total. The van der Waals surface area contributed by atoms with Crippen LogP contribution in [0.25, 0.3) is 10.9 Å². The van der Waals surface area contributed by atoms with Gasteiger partial charge in [-0.2, -0.15) is 0 Å². The zero-order chi connectivity index (χ0) is 15.0. The van der Waals surface area contributed by atoms with Crippen molar-refractivity contribution in [2.75, 3.05) is 25.5 Å². The second kappa shape index (κ2) is 5.00. The highest BCUT2D eigenvalue weighted by Crippen LogP contribution is 2.26. The van der Waals surface area contributed by atoms with Gasteiger partial charge in [0.2, 0.25) is 0 Å². The molecule has 1 unspecified atom stereocenters. The van der Waals surface area contributed by atoms with Crippen LogP contribution in [0, 0.1) is 0 Å². The molecule has 1 saturated heterocycles. The summed E-state index contributed by atoms with van der Waals surface area (Å²) in [7, 11) is 1.83. The van der Waals surface area contributed by atoms with Crippen molar-refractivity contribution in [1.82, 2.24) is 9.88 Å². The summed E-state index contributed by atoms with van der Waals surface area (Å²) in [5.74, 6) is -0.130. The Balaban J connectivity index is 1.99. The highest BCUT2D eigenvalue weighted by atomic mass is 16.3. The number of carbonyl (C=O) groups is 1. The van der Waals surface area contributed by atoms with Gasteiger partial charge in [-0.25, -0.2) is 4.98 Å². The standard InChI is InChI=1S/C16H19N3O2/c1-16(21)7-8-19(10-16)15(20)14-9-13(17-2)11-5-3-4-6-12(11)18-14/h3-6,9,21H,7-8,10H2,1-2H3,(H,17,18). The molecule has 1 aliphatic heterocycles. The van der Waals surface area contributed by atoms with Gasteiger partial charge in [0.05, 0.1) is 11.1 Å². The minimum Gasteiger partial charge on any atom is -0.388 e. The molecule has 2 aromatic rings. The molecule has 0 saturated carbocycles. The zero-order valence-corrected chi connectivity index (χ0v) is 12.3. The van der Waals surface area contributed by atoms with Crippen molar-refractivity contribution in [2.45, 2.75) is 18.9 Å². The summed E-state index contributed by atoms with van der Waals surface area (Å²) in [6.45, 7) is 2.68.